The Labute approximate surface area is 83.8 Å². The van der Waals surface area contributed by atoms with Gasteiger partial charge in [0.1, 0.15) is 0 Å². The maximum Gasteiger partial charge on any atom is 0.0842 e. The minimum Gasteiger partial charge on any atom is -0.261 e. The van der Waals surface area contributed by atoms with Gasteiger partial charge >= 0.3 is 0 Å². The molecule has 0 aliphatic heterocycles. The highest BCUT2D eigenvalue weighted by atomic mass is 32.1. The highest BCUT2D eigenvalue weighted by Crippen LogP contribution is 2.09. The molecule has 1 heterocycles. The predicted molar refractivity (Wildman–Crippen MR) is 58.4 cm³/mol. The third-order valence-corrected chi connectivity index (χ3v) is 1.69. The average Bonchev–Trinajstić information content (AvgIpc) is 2.15. The summed E-state index contributed by atoms with van der Waals surface area (Å²) in [6, 6.07) is 0. The molecule has 13 heavy (non-hydrogen) atoms. The van der Waals surface area contributed by atoms with Gasteiger partial charge in [0, 0.05) is 12.4 Å². The fourth-order valence-electron chi connectivity index (χ4n) is 0.834. The molecular weight excluding hydrogens is 180 g/mol. The van der Waals surface area contributed by atoms with Crippen LogP contribution in [0.3, 0.4) is 0 Å². The van der Waals surface area contributed by atoms with Gasteiger partial charge in [0.15, 0.2) is 0 Å². The van der Waals surface area contributed by atoms with E-state index >= 15 is 0 Å². The number of allylic oxidation sites excluding steroid dienone is 4. The van der Waals surface area contributed by atoms with E-state index in [-0.39, 0.29) is 0 Å². The van der Waals surface area contributed by atoms with Crippen molar-refractivity contribution in [2.45, 2.75) is 13.8 Å². The molecule has 3 heteroatoms. The lowest BCUT2D eigenvalue weighted by molar-refractivity contribution is 1.16. The monoisotopic (exact) mass is 192 g/mol. The Bertz CT molecular complexity index is 324. The first-order chi connectivity index (χ1) is 6.20. The smallest absolute Gasteiger partial charge is 0.0842 e. The van der Waals surface area contributed by atoms with Crippen LogP contribution in [-0.2, 0) is 0 Å². The van der Waals surface area contributed by atoms with Crippen molar-refractivity contribution in [2.75, 3.05) is 0 Å². The van der Waals surface area contributed by atoms with Crippen molar-refractivity contribution >= 4 is 18.2 Å². The number of aromatic nitrogens is 2. The molecule has 0 saturated carbocycles. The van der Waals surface area contributed by atoms with Crippen LogP contribution in [0.25, 0.3) is 5.57 Å². The number of nitrogens with zero attached hydrogens (tertiary/aromatic N) is 2. The quantitative estimate of drug-likeness (QED) is 0.576. The summed E-state index contributed by atoms with van der Waals surface area (Å²) in [5.74, 6) is 0. The van der Waals surface area contributed by atoms with E-state index in [4.69, 9.17) is 0 Å². The van der Waals surface area contributed by atoms with Crippen molar-refractivity contribution in [2.24, 2.45) is 0 Å². The summed E-state index contributed by atoms with van der Waals surface area (Å²) >= 11 is 4.17. The van der Waals surface area contributed by atoms with Crippen LogP contribution in [0.5, 0.6) is 0 Å². The zero-order chi connectivity index (χ0) is 9.68. The van der Waals surface area contributed by atoms with Gasteiger partial charge in [0.25, 0.3) is 0 Å². The van der Waals surface area contributed by atoms with Crippen LogP contribution < -0.4 is 0 Å². The number of thiol groups is 1. The van der Waals surface area contributed by atoms with E-state index in [0.717, 1.165) is 16.2 Å². The molecule has 0 amide bonds. The second-order valence-corrected chi connectivity index (χ2v) is 3.45. The molecule has 2 nitrogen and oxygen atoms in total. The maximum absolute atomic E-state index is 4.17. The van der Waals surface area contributed by atoms with Gasteiger partial charge in [0.2, 0.25) is 0 Å². The van der Waals surface area contributed by atoms with Crippen LogP contribution in [0.4, 0.5) is 0 Å². The SMILES string of the molecule is C/C(S)=C/C=C(\C)c1cnccn1. The Morgan fingerprint density at radius 2 is 2.08 bits per heavy atom. The van der Waals surface area contributed by atoms with Gasteiger partial charge in [-0.05, 0) is 24.3 Å². The fraction of sp³-hybridized carbons (Fsp3) is 0.200. The highest BCUT2D eigenvalue weighted by molar-refractivity contribution is 7.84. The van der Waals surface area contributed by atoms with Crippen molar-refractivity contribution in [1.29, 1.82) is 0 Å². The first-order valence-corrected chi connectivity index (χ1v) is 4.45. The van der Waals surface area contributed by atoms with Crippen LogP contribution in [0.2, 0.25) is 0 Å². The van der Waals surface area contributed by atoms with E-state index in [1.807, 2.05) is 26.0 Å². The van der Waals surface area contributed by atoms with Gasteiger partial charge in [-0.1, -0.05) is 12.2 Å². The molecule has 1 rings (SSSR count). The molecule has 0 unspecified atom stereocenters. The molecular formula is C10H12N2S. The summed E-state index contributed by atoms with van der Waals surface area (Å²) in [6.45, 7) is 3.93. The zero-order valence-corrected chi connectivity index (χ0v) is 8.62. The van der Waals surface area contributed by atoms with Gasteiger partial charge < -0.3 is 0 Å². The second-order valence-electron chi connectivity index (χ2n) is 2.75. The van der Waals surface area contributed by atoms with Crippen LogP contribution in [0, 0.1) is 0 Å². The summed E-state index contributed by atoms with van der Waals surface area (Å²) in [4.78, 5) is 9.14. The fourth-order valence-corrected chi connectivity index (χ4v) is 0.908. The Morgan fingerprint density at radius 1 is 1.31 bits per heavy atom. The molecule has 0 bridgehead atoms. The van der Waals surface area contributed by atoms with Crippen molar-refractivity contribution in [1.82, 2.24) is 9.97 Å². The molecule has 0 spiro atoms. The lowest BCUT2D eigenvalue weighted by Crippen LogP contribution is -1.85. The molecule has 68 valence electrons. The molecule has 0 fully saturated rings. The first kappa shape index (κ1) is 9.99. The molecule has 1 aromatic rings. The topological polar surface area (TPSA) is 25.8 Å². The number of hydrogen-bond acceptors (Lipinski definition) is 3. The number of rotatable bonds is 2. The molecule has 0 aromatic carbocycles. The van der Waals surface area contributed by atoms with Crippen LogP contribution >= 0.6 is 12.6 Å². The van der Waals surface area contributed by atoms with E-state index in [9.17, 15) is 0 Å². The van der Waals surface area contributed by atoms with Crippen LogP contribution in [0.15, 0.2) is 35.6 Å². The Morgan fingerprint density at radius 3 is 2.62 bits per heavy atom. The predicted octanol–water partition coefficient (Wildman–Crippen LogP) is 2.71. The first-order valence-electron chi connectivity index (χ1n) is 4.00. The Balaban J connectivity index is 2.86. The largest absolute Gasteiger partial charge is 0.261 e. The van der Waals surface area contributed by atoms with Crippen molar-refractivity contribution in [3.8, 4) is 0 Å². The Kier molecular flexibility index (Phi) is 3.71. The van der Waals surface area contributed by atoms with Gasteiger partial charge in [0.05, 0.1) is 11.9 Å². The van der Waals surface area contributed by atoms with E-state index < -0.39 is 0 Å². The summed E-state index contributed by atoms with van der Waals surface area (Å²) in [5.41, 5.74) is 1.98. The average molecular weight is 192 g/mol. The van der Waals surface area contributed by atoms with Gasteiger partial charge in [-0.3, -0.25) is 9.97 Å². The summed E-state index contributed by atoms with van der Waals surface area (Å²) in [7, 11) is 0. The normalized spacial score (nSPS) is 13.2. The molecule has 0 aliphatic carbocycles. The molecule has 0 atom stereocenters. The molecule has 1 aromatic heterocycles. The molecule has 0 saturated heterocycles. The lowest BCUT2D eigenvalue weighted by atomic mass is 10.2. The third-order valence-electron chi connectivity index (χ3n) is 1.54. The van der Waals surface area contributed by atoms with Crippen molar-refractivity contribution in [3.63, 3.8) is 0 Å². The standard InChI is InChI=1S/C10H12N2S/c1-8(3-4-9(2)13)10-7-11-5-6-12-10/h3-7,13H,1-2H3/b8-3+,9-4-. The summed E-state index contributed by atoms with van der Waals surface area (Å²) in [5, 5.41) is 0. The second kappa shape index (κ2) is 4.82. The summed E-state index contributed by atoms with van der Waals surface area (Å²) < 4.78 is 0. The molecule has 0 aliphatic rings. The van der Waals surface area contributed by atoms with Gasteiger partial charge in [-0.25, -0.2) is 0 Å². The van der Waals surface area contributed by atoms with E-state index in [1.54, 1.807) is 18.6 Å². The van der Waals surface area contributed by atoms with Crippen LogP contribution in [-0.4, -0.2) is 9.97 Å². The third kappa shape index (κ3) is 3.42. The number of hydrogen-bond donors (Lipinski definition) is 1. The van der Waals surface area contributed by atoms with Crippen molar-refractivity contribution in [3.05, 3.63) is 41.3 Å². The molecule has 0 N–H and O–H groups in total. The summed E-state index contributed by atoms with van der Waals surface area (Å²) in [6.07, 6.45) is 9.01. The Hall–Kier alpha value is -1.09. The lowest BCUT2D eigenvalue weighted by Gasteiger charge is -1.96. The van der Waals surface area contributed by atoms with E-state index in [0.29, 0.717) is 0 Å². The van der Waals surface area contributed by atoms with E-state index in [1.165, 1.54) is 0 Å². The highest BCUT2D eigenvalue weighted by Gasteiger charge is 1.93. The minimum absolute atomic E-state index is 0.897. The van der Waals surface area contributed by atoms with Gasteiger partial charge in [-0.2, -0.15) is 0 Å². The van der Waals surface area contributed by atoms with Crippen LogP contribution in [0.1, 0.15) is 19.5 Å². The molecule has 0 radical (unpaired) electrons. The van der Waals surface area contributed by atoms with Gasteiger partial charge in [-0.15, -0.1) is 12.6 Å². The van der Waals surface area contributed by atoms with Crippen molar-refractivity contribution < 1.29 is 0 Å². The van der Waals surface area contributed by atoms with E-state index in [2.05, 4.69) is 22.6 Å². The maximum atomic E-state index is 4.17. The zero-order valence-electron chi connectivity index (χ0n) is 7.73. The minimum atomic E-state index is 0.897.